The molecule has 0 aliphatic carbocycles. The van der Waals surface area contributed by atoms with Gasteiger partial charge in [0, 0.05) is 11.6 Å². The van der Waals surface area contributed by atoms with Gasteiger partial charge in [-0.2, -0.15) is 0 Å². The van der Waals surface area contributed by atoms with E-state index in [0.29, 0.717) is 11.6 Å². The zero-order chi connectivity index (χ0) is 18.0. The van der Waals surface area contributed by atoms with Crippen molar-refractivity contribution in [3.8, 4) is 0 Å². The summed E-state index contributed by atoms with van der Waals surface area (Å²) in [5, 5.41) is 3.33. The summed E-state index contributed by atoms with van der Waals surface area (Å²) >= 11 is 6.63. The van der Waals surface area contributed by atoms with Crippen LogP contribution in [-0.4, -0.2) is 34.1 Å². The summed E-state index contributed by atoms with van der Waals surface area (Å²) in [4.78, 5) is 3.93. The van der Waals surface area contributed by atoms with Crippen LogP contribution >= 0.6 is 22.9 Å². The van der Waals surface area contributed by atoms with Gasteiger partial charge in [0.15, 0.2) is 5.03 Å². The van der Waals surface area contributed by atoms with Crippen molar-refractivity contribution < 1.29 is 16.8 Å². The predicted octanol–water partition coefficient (Wildman–Crippen LogP) is 3.24. The van der Waals surface area contributed by atoms with Crippen molar-refractivity contribution in [1.82, 2.24) is 4.98 Å². The summed E-state index contributed by atoms with van der Waals surface area (Å²) in [6, 6.07) is 5.66. The maximum Gasteiger partial charge on any atom is 0.226 e. The Morgan fingerprint density at radius 1 is 1.12 bits per heavy atom. The average molecular weight is 409 g/mol. The Kier molecular flexibility index (Phi) is 5.90. The molecule has 1 aromatic heterocycles. The maximum absolute atomic E-state index is 12.8. The minimum atomic E-state index is -3.95. The highest BCUT2D eigenvalue weighted by atomic mass is 35.5. The molecule has 0 atom stereocenters. The van der Waals surface area contributed by atoms with Crippen molar-refractivity contribution in [3.63, 3.8) is 0 Å². The van der Waals surface area contributed by atoms with E-state index in [1.54, 1.807) is 0 Å². The fourth-order valence-electron chi connectivity index (χ4n) is 1.80. The lowest BCUT2D eigenvalue weighted by Crippen LogP contribution is -2.08. The van der Waals surface area contributed by atoms with E-state index < -0.39 is 19.7 Å². The van der Waals surface area contributed by atoms with Crippen LogP contribution in [0.15, 0.2) is 38.5 Å². The molecule has 0 fully saturated rings. The van der Waals surface area contributed by atoms with Crippen molar-refractivity contribution >= 4 is 47.6 Å². The normalized spacial score (nSPS) is 12.3. The molecule has 6 nitrogen and oxygen atoms in total. The number of aromatic nitrogens is 1. The molecule has 132 valence electrons. The Morgan fingerprint density at radius 3 is 2.29 bits per heavy atom. The van der Waals surface area contributed by atoms with Gasteiger partial charge in [0.05, 0.1) is 10.6 Å². The zero-order valence-electron chi connectivity index (χ0n) is 13.1. The molecule has 0 saturated heterocycles. The lowest BCUT2D eigenvalue weighted by atomic mass is 10.4. The van der Waals surface area contributed by atoms with Crippen LogP contribution in [0, 0.1) is 0 Å². The number of thiazole rings is 1. The first kappa shape index (κ1) is 19.2. The summed E-state index contributed by atoms with van der Waals surface area (Å²) in [5.74, 6) is -0.145. The molecule has 0 amide bonds. The lowest BCUT2D eigenvalue weighted by Gasteiger charge is -2.06. The van der Waals surface area contributed by atoms with E-state index in [4.69, 9.17) is 11.6 Å². The Balaban J connectivity index is 2.60. The highest BCUT2D eigenvalue weighted by Crippen LogP contribution is 2.35. The molecular weight excluding hydrogens is 392 g/mol. The first-order valence-corrected chi connectivity index (χ1v) is 11.5. The Morgan fingerprint density at radius 2 is 1.75 bits per heavy atom. The number of nitrogens with zero attached hydrogens (tertiary/aromatic N) is 1. The second kappa shape index (κ2) is 7.38. The van der Waals surface area contributed by atoms with Crippen LogP contribution in [-0.2, 0) is 19.7 Å². The highest BCUT2D eigenvalue weighted by molar-refractivity contribution is 7.94. The summed E-state index contributed by atoms with van der Waals surface area (Å²) in [5.41, 5.74) is 0. The van der Waals surface area contributed by atoms with Crippen molar-refractivity contribution in [3.05, 3.63) is 29.3 Å². The molecule has 24 heavy (non-hydrogen) atoms. The predicted molar refractivity (Wildman–Crippen MR) is 95.5 cm³/mol. The topological polar surface area (TPSA) is 93.2 Å². The van der Waals surface area contributed by atoms with Gasteiger partial charge in [-0.1, -0.05) is 36.8 Å². The first-order valence-electron chi connectivity index (χ1n) is 7.20. The number of hydrogen-bond donors (Lipinski definition) is 1. The molecule has 2 aromatic rings. The lowest BCUT2D eigenvalue weighted by molar-refractivity contribution is 0.590. The Labute approximate surface area is 150 Å². The molecule has 0 bridgehead atoms. The SMILES string of the molecule is CCCNc1sc(S(=O)(=O)CC)nc1S(=O)(=O)c1ccc(Cl)cc1. The molecule has 0 unspecified atom stereocenters. The summed E-state index contributed by atoms with van der Waals surface area (Å²) < 4.78 is 49.6. The minimum absolute atomic E-state index is 0.0113. The number of benzene rings is 1. The van der Waals surface area contributed by atoms with Crippen molar-refractivity contribution in [2.75, 3.05) is 17.6 Å². The van der Waals surface area contributed by atoms with Crippen LogP contribution < -0.4 is 5.32 Å². The van der Waals surface area contributed by atoms with E-state index in [9.17, 15) is 16.8 Å². The van der Waals surface area contributed by atoms with Gasteiger partial charge < -0.3 is 5.32 Å². The molecule has 0 aliphatic rings. The standard InChI is InChI=1S/C14H17ClN2O4S3/c1-3-9-16-12-13(17-14(22-12)23(18,19)4-2)24(20,21)11-7-5-10(15)6-8-11/h5-8,16H,3-4,9H2,1-2H3. The smallest absolute Gasteiger partial charge is 0.226 e. The van der Waals surface area contributed by atoms with E-state index in [1.807, 2.05) is 6.92 Å². The third kappa shape index (κ3) is 3.90. The number of anilines is 1. The largest absolute Gasteiger partial charge is 0.374 e. The van der Waals surface area contributed by atoms with Crippen LogP contribution in [0.4, 0.5) is 5.00 Å². The number of halogens is 1. The average Bonchev–Trinajstić information content (AvgIpc) is 2.99. The molecule has 10 heteroatoms. The van der Waals surface area contributed by atoms with Gasteiger partial charge in [0.2, 0.25) is 24.0 Å². The van der Waals surface area contributed by atoms with Crippen molar-refractivity contribution in [2.24, 2.45) is 0 Å². The van der Waals surface area contributed by atoms with E-state index in [-0.39, 0.29) is 25.0 Å². The van der Waals surface area contributed by atoms with Gasteiger partial charge in [-0.05, 0) is 30.7 Å². The van der Waals surface area contributed by atoms with Crippen LogP contribution in [0.5, 0.6) is 0 Å². The fourth-order valence-corrected chi connectivity index (χ4v) is 5.95. The maximum atomic E-state index is 12.8. The van der Waals surface area contributed by atoms with E-state index in [1.165, 1.54) is 31.2 Å². The minimum Gasteiger partial charge on any atom is -0.374 e. The molecule has 1 heterocycles. The molecular formula is C14H17ClN2O4S3. The molecule has 0 aliphatic heterocycles. The molecule has 1 aromatic carbocycles. The molecule has 1 N–H and O–H groups in total. The monoisotopic (exact) mass is 408 g/mol. The summed E-state index contributed by atoms with van der Waals surface area (Å²) in [6.45, 7) is 3.92. The van der Waals surface area contributed by atoms with Gasteiger partial charge >= 0.3 is 0 Å². The zero-order valence-corrected chi connectivity index (χ0v) is 16.3. The fraction of sp³-hybridized carbons (Fsp3) is 0.357. The Bertz CT molecular complexity index is 919. The van der Waals surface area contributed by atoms with E-state index in [2.05, 4.69) is 10.3 Å². The van der Waals surface area contributed by atoms with Crippen molar-refractivity contribution in [2.45, 2.75) is 34.5 Å². The second-order valence-electron chi connectivity index (χ2n) is 4.90. The van der Waals surface area contributed by atoms with Gasteiger partial charge in [-0.25, -0.2) is 21.8 Å². The molecule has 0 radical (unpaired) electrons. The Hall–Kier alpha value is -1.16. The summed E-state index contributed by atoms with van der Waals surface area (Å²) in [7, 11) is -7.54. The quantitative estimate of drug-likeness (QED) is 0.755. The second-order valence-corrected chi connectivity index (χ2v) is 10.7. The van der Waals surface area contributed by atoms with Crippen molar-refractivity contribution in [1.29, 1.82) is 0 Å². The summed E-state index contributed by atoms with van der Waals surface area (Å²) in [6.07, 6.45) is 0.758. The number of rotatable bonds is 7. The van der Waals surface area contributed by atoms with Crippen LogP contribution in [0.25, 0.3) is 0 Å². The van der Waals surface area contributed by atoms with E-state index >= 15 is 0 Å². The van der Waals surface area contributed by atoms with Gasteiger partial charge in [0.25, 0.3) is 0 Å². The van der Waals surface area contributed by atoms with Gasteiger partial charge in [0.1, 0.15) is 5.00 Å². The van der Waals surface area contributed by atoms with Crippen LogP contribution in [0.1, 0.15) is 20.3 Å². The molecule has 0 saturated carbocycles. The first-order chi connectivity index (χ1) is 11.2. The van der Waals surface area contributed by atoms with Crippen LogP contribution in [0.2, 0.25) is 5.02 Å². The highest BCUT2D eigenvalue weighted by Gasteiger charge is 2.29. The molecule has 0 spiro atoms. The van der Waals surface area contributed by atoms with Gasteiger partial charge in [-0.3, -0.25) is 0 Å². The third-order valence-corrected chi connectivity index (χ3v) is 8.42. The molecule has 2 rings (SSSR count). The van der Waals surface area contributed by atoms with Gasteiger partial charge in [-0.15, -0.1) is 0 Å². The number of nitrogens with one attached hydrogen (secondary N) is 1. The third-order valence-electron chi connectivity index (χ3n) is 3.14. The number of hydrogen-bond acceptors (Lipinski definition) is 7. The van der Waals surface area contributed by atoms with Crippen LogP contribution in [0.3, 0.4) is 0 Å². The number of sulfone groups is 2. The van der Waals surface area contributed by atoms with E-state index in [0.717, 1.165) is 17.8 Å².